The fourth-order valence-corrected chi connectivity index (χ4v) is 3.59. The Hall–Kier alpha value is -4.79. The van der Waals surface area contributed by atoms with Crippen LogP contribution in [0, 0.1) is 20.2 Å². The summed E-state index contributed by atoms with van der Waals surface area (Å²) in [6.07, 6.45) is 0. The van der Waals surface area contributed by atoms with Crippen molar-refractivity contribution in [3.8, 4) is 33.8 Å². The van der Waals surface area contributed by atoms with Crippen molar-refractivity contribution < 1.29 is 23.8 Å². The largest absolute Gasteiger partial charge is 0.462 e. The number of hydrogen-bond donors (Lipinski definition) is 0. The van der Waals surface area contributed by atoms with Gasteiger partial charge in [-0.25, -0.2) is 4.79 Å². The number of carbonyl (C=O) groups is 1. The molecule has 0 saturated heterocycles. The molecule has 9 heteroatoms. The summed E-state index contributed by atoms with van der Waals surface area (Å²) >= 11 is 0. The van der Waals surface area contributed by atoms with Crippen LogP contribution in [0.25, 0.3) is 33.8 Å². The third kappa shape index (κ3) is 4.26. The molecule has 0 amide bonds. The minimum Gasteiger partial charge on any atom is -0.462 e. The highest BCUT2D eigenvalue weighted by Crippen LogP contribution is 2.44. The van der Waals surface area contributed by atoms with Gasteiger partial charge >= 0.3 is 5.97 Å². The van der Waals surface area contributed by atoms with E-state index in [1.54, 1.807) is 31.2 Å². The van der Waals surface area contributed by atoms with E-state index in [4.69, 9.17) is 9.15 Å². The molecule has 0 unspecified atom stereocenters. The summed E-state index contributed by atoms with van der Waals surface area (Å²) in [5.74, 6) is -0.0713. The average molecular weight is 458 g/mol. The average Bonchev–Trinajstić information content (AvgIpc) is 3.25. The van der Waals surface area contributed by atoms with Gasteiger partial charge in [-0.2, -0.15) is 0 Å². The lowest BCUT2D eigenvalue weighted by atomic mass is 9.95. The molecule has 0 N–H and O–H groups in total. The number of nitrogens with zero attached hydrogens (tertiary/aromatic N) is 2. The first-order valence-electron chi connectivity index (χ1n) is 10.3. The third-order valence-electron chi connectivity index (χ3n) is 5.13. The van der Waals surface area contributed by atoms with Crippen LogP contribution in [-0.2, 0) is 4.74 Å². The number of nitro benzene ring substituents is 2. The Labute approximate surface area is 193 Å². The van der Waals surface area contributed by atoms with E-state index < -0.39 is 15.8 Å². The highest BCUT2D eigenvalue weighted by atomic mass is 16.6. The Morgan fingerprint density at radius 3 is 1.76 bits per heavy atom. The van der Waals surface area contributed by atoms with E-state index >= 15 is 0 Å². The van der Waals surface area contributed by atoms with Gasteiger partial charge in [-0.3, -0.25) is 20.2 Å². The van der Waals surface area contributed by atoms with Crippen molar-refractivity contribution in [1.29, 1.82) is 0 Å². The second-order valence-electron chi connectivity index (χ2n) is 7.20. The van der Waals surface area contributed by atoms with Crippen molar-refractivity contribution >= 4 is 17.3 Å². The number of nitro groups is 2. The summed E-state index contributed by atoms with van der Waals surface area (Å²) in [6, 6.07) is 20.4. The van der Waals surface area contributed by atoms with Crippen molar-refractivity contribution in [2.45, 2.75) is 6.92 Å². The van der Waals surface area contributed by atoms with Crippen LogP contribution < -0.4 is 0 Å². The summed E-state index contributed by atoms with van der Waals surface area (Å²) in [5.41, 5.74) is 1.95. The zero-order valence-electron chi connectivity index (χ0n) is 18.0. The summed E-state index contributed by atoms with van der Waals surface area (Å²) in [4.78, 5) is 34.3. The molecule has 3 aromatic carbocycles. The van der Waals surface area contributed by atoms with Crippen molar-refractivity contribution in [2.75, 3.05) is 6.61 Å². The number of ether oxygens (including phenoxy) is 1. The fraction of sp³-hybridized carbons (Fsp3) is 0.0800. The van der Waals surface area contributed by atoms with Gasteiger partial charge in [0.2, 0.25) is 0 Å². The first kappa shape index (κ1) is 22.4. The molecule has 9 nitrogen and oxygen atoms in total. The smallest absolute Gasteiger partial charge is 0.342 e. The molecule has 0 aliphatic carbocycles. The van der Waals surface area contributed by atoms with Gasteiger partial charge < -0.3 is 9.15 Å². The molecule has 34 heavy (non-hydrogen) atoms. The molecule has 0 spiro atoms. The van der Waals surface area contributed by atoms with Gasteiger partial charge in [0.25, 0.3) is 11.4 Å². The predicted molar refractivity (Wildman–Crippen MR) is 124 cm³/mol. The van der Waals surface area contributed by atoms with Gasteiger partial charge in [-0.05, 0) is 36.8 Å². The van der Waals surface area contributed by atoms with Gasteiger partial charge in [0, 0.05) is 41.0 Å². The van der Waals surface area contributed by atoms with E-state index in [0.29, 0.717) is 22.3 Å². The number of hydrogen-bond acceptors (Lipinski definition) is 7. The molecule has 1 heterocycles. The summed E-state index contributed by atoms with van der Waals surface area (Å²) in [6.45, 7) is 1.81. The molecule has 4 rings (SSSR count). The van der Waals surface area contributed by atoms with Crippen LogP contribution in [0.5, 0.6) is 0 Å². The van der Waals surface area contributed by atoms with Gasteiger partial charge in [0.15, 0.2) is 0 Å². The van der Waals surface area contributed by atoms with E-state index in [0.717, 1.165) is 0 Å². The normalized spacial score (nSPS) is 10.6. The molecule has 0 radical (unpaired) electrons. The zero-order valence-corrected chi connectivity index (χ0v) is 18.0. The molecule has 4 aromatic rings. The maximum Gasteiger partial charge on any atom is 0.342 e. The lowest BCUT2D eigenvalue weighted by molar-refractivity contribution is -0.385. The minimum absolute atomic E-state index is 0.0962. The van der Waals surface area contributed by atoms with Crippen molar-refractivity contribution in [3.05, 3.63) is 105 Å². The second-order valence-corrected chi connectivity index (χ2v) is 7.20. The minimum atomic E-state index is -0.619. The van der Waals surface area contributed by atoms with Crippen molar-refractivity contribution in [3.63, 3.8) is 0 Å². The van der Waals surface area contributed by atoms with E-state index in [1.807, 2.05) is 6.07 Å². The van der Waals surface area contributed by atoms with Gasteiger partial charge in [0.05, 0.1) is 16.5 Å². The summed E-state index contributed by atoms with van der Waals surface area (Å²) < 4.78 is 11.5. The molecule has 170 valence electrons. The Morgan fingerprint density at radius 1 is 0.765 bits per heavy atom. The first-order valence-corrected chi connectivity index (χ1v) is 10.3. The van der Waals surface area contributed by atoms with Crippen molar-refractivity contribution in [2.24, 2.45) is 0 Å². The van der Waals surface area contributed by atoms with Crippen LogP contribution in [0.15, 0.2) is 83.3 Å². The summed E-state index contributed by atoms with van der Waals surface area (Å²) in [5, 5.41) is 22.2. The molecular formula is C25H18N2O7. The van der Waals surface area contributed by atoms with E-state index in [2.05, 4.69) is 0 Å². The SMILES string of the molecule is CCOC(=O)c1c(-c2ccccc2)oc(-c2ccc([N+](=O)[O-])cc2)c1-c1ccc([N+](=O)[O-])cc1. The summed E-state index contributed by atoms with van der Waals surface area (Å²) in [7, 11) is 0. The second kappa shape index (κ2) is 9.37. The first-order chi connectivity index (χ1) is 16.4. The number of rotatable bonds is 7. The number of esters is 1. The fourth-order valence-electron chi connectivity index (χ4n) is 3.59. The molecular weight excluding hydrogens is 440 g/mol. The van der Waals surface area contributed by atoms with Crippen LogP contribution in [0.4, 0.5) is 11.4 Å². The number of benzene rings is 3. The van der Waals surface area contributed by atoms with Gasteiger partial charge in [-0.15, -0.1) is 0 Å². The van der Waals surface area contributed by atoms with Crippen LogP contribution in [0.3, 0.4) is 0 Å². The van der Waals surface area contributed by atoms with Crippen LogP contribution in [0.1, 0.15) is 17.3 Å². The quantitative estimate of drug-likeness (QED) is 0.181. The maximum atomic E-state index is 13.1. The van der Waals surface area contributed by atoms with Crippen LogP contribution in [0.2, 0.25) is 0 Å². The Morgan fingerprint density at radius 2 is 1.26 bits per heavy atom. The van der Waals surface area contributed by atoms with Crippen molar-refractivity contribution in [1.82, 2.24) is 0 Å². The zero-order chi connectivity index (χ0) is 24.2. The standard InChI is InChI=1S/C25H18N2O7/c1-2-33-25(28)22-21(16-8-12-19(13-9-16)26(29)30)23(18-10-14-20(15-11-18)27(31)32)34-24(22)17-6-4-3-5-7-17/h3-15H,2H2,1H3. The molecule has 1 aromatic heterocycles. The number of non-ortho nitro benzene ring substituents is 2. The van der Waals surface area contributed by atoms with Gasteiger partial charge in [0.1, 0.15) is 17.1 Å². The molecule has 0 aliphatic heterocycles. The molecule has 0 atom stereocenters. The van der Waals surface area contributed by atoms with E-state index in [-0.39, 0.29) is 35.1 Å². The highest BCUT2D eigenvalue weighted by molar-refractivity contribution is 6.06. The van der Waals surface area contributed by atoms with Crippen LogP contribution >= 0.6 is 0 Å². The third-order valence-corrected chi connectivity index (χ3v) is 5.13. The van der Waals surface area contributed by atoms with Crippen LogP contribution in [-0.4, -0.2) is 22.4 Å². The van der Waals surface area contributed by atoms with E-state index in [9.17, 15) is 25.0 Å². The number of furan rings is 1. The topological polar surface area (TPSA) is 126 Å². The monoisotopic (exact) mass is 458 g/mol. The Kier molecular flexibility index (Phi) is 6.18. The molecule has 0 saturated carbocycles. The lowest BCUT2D eigenvalue weighted by Gasteiger charge is -2.07. The molecule has 0 aliphatic rings. The Bertz CT molecular complexity index is 1360. The Balaban J connectivity index is 2.01. The predicted octanol–water partition coefficient (Wildman–Crippen LogP) is 6.27. The molecule has 0 fully saturated rings. The maximum absolute atomic E-state index is 13.1. The highest BCUT2D eigenvalue weighted by Gasteiger charge is 2.30. The van der Waals surface area contributed by atoms with Gasteiger partial charge in [-0.1, -0.05) is 30.3 Å². The lowest BCUT2D eigenvalue weighted by Crippen LogP contribution is -2.06. The van der Waals surface area contributed by atoms with E-state index in [1.165, 1.54) is 48.5 Å². The molecule has 0 bridgehead atoms. The number of carbonyl (C=O) groups excluding carboxylic acids is 1.